The number of carboxylic acids is 1. The van der Waals surface area contributed by atoms with Gasteiger partial charge in [-0.1, -0.05) is 15.9 Å². The summed E-state index contributed by atoms with van der Waals surface area (Å²) in [5.41, 5.74) is 0.650. The van der Waals surface area contributed by atoms with Crippen molar-refractivity contribution in [2.24, 2.45) is 0 Å². The third-order valence-corrected chi connectivity index (χ3v) is 2.29. The van der Waals surface area contributed by atoms with Gasteiger partial charge in [-0.25, -0.2) is 14.8 Å². The van der Waals surface area contributed by atoms with Crippen molar-refractivity contribution >= 4 is 32.8 Å². The fraction of sp³-hybridized carbons (Fsp3) is 0. The predicted octanol–water partition coefficient (Wildman–Crippen LogP) is 2.09. The smallest absolute Gasteiger partial charge is 0.355 e. The van der Waals surface area contributed by atoms with Gasteiger partial charge in [0.2, 0.25) is 0 Å². The molecule has 0 fully saturated rings. The van der Waals surface area contributed by atoms with Gasteiger partial charge in [0.15, 0.2) is 5.69 Å². The molecule has 0 amide bonds. The first kappa shape index (κ1) is 9.08. The fourth-order valence-electron chi connectivity index (χ4n) is 1.20. The Hall–Kier alpha value is -1.49. The van der Waals surface area contributed by atoms with Crippen LogP contribution >= 0.6 is 15.9 Å². The van der Waals surface area contributed by atoms with Crippen LogP contribution in [0.2, 0.25) is 0 Å². The van der Waals surface area contributed by atoms with Gasteiger partial charge in [0.05, 0.1) is 5.52 Å². The zero-order valence-electron chi connectivity index (χ0n) is 6.94. The molecule has 70 valence electrons. The van der Waals surface area contributed by atoms with E-state index in [9.17, 15) is 4.79 Å². The average molecular weight is 253 g/mol. The lowest BCUT2D eigenvalue weighted by Gasteiger charge is -2.00. The van der Waals surface area contributed by atoms with E-state index >= 15 is 0 Å². The first-order valence-corrected chi connectivity index (χ1v) is 4.61. The van der Waals surface area contributed by atoms with Gasteiger partial charge in [-0.2, -0.15) is 0 Å². The maximum Gasteiger partial charge on any atom is 0.355 e. The number of aromatic nitrogens is 2. The Morgan fingerprint density at radius 2 is 2.14 bits per heavy atom. The van der Waals surface area contributed by atoms with Crippen LogP contribution in [0.25, 0.3) is 10.9 Å². The van der Waals surface area contributed by atoms with E-state index < -0.39 is 5.97 Å². The summed E-state index contributed by atoms with van der Waals surface area (Å²) in [6, 6.07) is 5.24. The summed E-state index contributed by atoms with van der Waals surface area (Å²) in [5.74, 6) is -1.05. The summed E-state index contributed by atoms with van der Waals surface area (Å²) in [6.45, 7) is 0. The fourth-order valence-corrected chi connectivity index (χ4v) is 1.56. The number of aromatic carboxylic acids is 1. The van der Waals surface area contributed by atoms with E-state index in [0.29, 0.717) is 10.9 Å². The Kier molecular flexibility index (Phi) is 2.17. The van der Waals surface area contributed by atoms with Crippen molar-refractivity contribution in [1.82, 2.24) is 9.97 Å². The van der Waals surface area contributed by atoms with Crippen LogP contribution in [0.3, 0.4) is 0 Å². The molecule has 0 unspecified atom stereocenters. The van der Waals surface area contributed by atoms with Crippen molar-refractivity contribution in [1.29, 1.82) is 0 Å². The van der Waals surface area contributed by atoms with Crippen molar-refractivity contribution in [3.05, 3.63) is 34.7 Å². The molecule has 0 aliphatic heterocycles. The summed E-state index contributed by atoms with van der Waals surface area (Å²) in [7, 11) is 0. The lowest BCUT2D eigenvalue weighted by molar-refractivity contribution is 0.0692. The number of hydrogen-bond donors (Lipinski definition) is 1. The highest BCUT2D eigenvalue weighted by Gasteiger charge is 2.10. The van der Waals surface area contributed by atoms with Gasteiger partial charge in [-0.15, -0.1) is 0 Å². The molecule has 0 atom stereocenters. The quantitative estimate of drug-likeness (QED) is 0.845. The highest BCUT2D eigenvalue weighted by atomic mass is 79.9. The zero-order chi connectivity index (χ0) is 10.1. The van der Waals surface area contributed by atoms with Gasteiger partial charge in [-0.3, -0.25) is 0 Å². The van der Waals surface area contributed by atoms with Crippen LogP contribution < -0.4 is 0 Å². The second kappa shape index (κ2) is 3.34. The molecule has 1 N–H and O–H groups in total. The highest BCUT2D eigenvalue weighted by molar-refractivity contribution is 9.10. The van der Waals surface area contributed by atoms with Gasteiger partial charge in [0, 0.05) is 9.86 Å². The minimum atomic E-state index is -1.05. The molecule has 4 nitrogen and oxygen atoms in total. The second-order valence-electron chi connectivity index (χ2n) is 2.69. The van der Waals surface area contributed by atoms with Crippen LogP contribution in [0.15, 0.2) is 29.0 Å². The van der Waals surface area contributed by atoms with Crippen LogP contribution in [-0.4, -0.2) is 21.0 Å². The van der Waals surface area contributed by atoms with Gasteiger partial charge in [0.1, 0.15) is 6.33 Å². The number of hydrogen-bond acceptors (Lipinski definition) is 3. The first-order valence-electron chi connectivity index (χ1n) is 3.82. The Morgan fingerprint density at radius 1 is 1.36 bits per heavy atom. The molecule has 0 saturated heterocycles. The number of carboxylic acid groups (broad SMARTS) is 1. The largest absolute Gasteiger partial charge is 0.476 e. The maximum atomic E-state index is 10.8. The van der Waals surface area contributed by atoms with E-state index in [2.05, 4.69) is 25.9 Å². The number of benzene rings is 1. The SMILES string of the molecule is O=C(O)c1ncnc2ccc(Br)cc12. The molecule has 5 heteroatoms. The monoisotopic (exact) mass is 252 g/mol. The molecule has 1 aromatic heterocycles. The van der Waals surface area contributed by atoms with E-state index in [0.717, 1.165) is 4.47 Å². The second-order valence-corrected chi connectivity index (χ2v) is 3.60. The summed E-state index contributed by atoms with van der Waals surface area (Å²) in [6.07, 6.45) is 1.25. The molecule has 14 heavy (non-hydrogen) atoms. The van der Waals surface area contributed by atoms with Crippen molar-refractivity contribution < 1.29 is 9.90 Å². The summed E-state index contributed by atoms with van der Waals surface area (Å²) < 4.78 is 0.808. The van der Waals surface area contributed by atoms with Crippen molar-refractivity contribution in [3.63, 3.8) is 0 Å². The Balaban J connectivity index is 2.84. The van der Waals surface area contributed by atoms with Crippen LogP contribution in [0.4, 0.5) is 0 Å². The Labute approximate surface area is 87.7 Å². The van der Waals surface area contributed by atoms with E-state index in [1.165, 1.54) is 6.33 Å². The van der Waals surface area contributed by atoms with Crippen molar-refractivity contribution in [3.8, 4) is 0 Å². The van der Waals surface area contributed by atoms with Gasteiger partial charge >= 0.3 is 5.97 Å². The highest BCUT2D eigenvalue weighted by Crippen LogP contribution is 2.19. The van der Waals surface area contributed by atoms with Gasteiger partial charge in [0.25, 0.3) is 0 Å². The molecule has 1 aromatic carbocycles. The molecule has 0 radical (unpaired) electrons. The van der Waals surface area contributed by atoms with Crippen LogP contribution in [0.5, 0.6) is 0 Å². The first-order chi connectivity index (χ1) is 6.68. The molecule has 2 rings (SSSR count). The van der Waals surface area contributed by atoms with E-state index in [4.69, 9.17) is 5.11 Å². The number of rotatable bonds is 1. The predicted molar refractivity (Wildman–Crippen MR) is 54.2 cm³/mol. The van der Waals surface area contributed by atoms with Gasteiger partial charge < -0.3 is 5.11 Å². The third-order valence-electron chi connectivity index (χ3n) is 1.80. The minimum absolute atomic E-state index is 0.0244. The summed E-state index contributed by atoms with van der Waals surface area (Å²) in [5, 5.41) is 9.40. The average Bonchev–Trinajstić information content (AvgIpc) is 2.16. The third kappa shape index (κ3) is 1.46. The molecule has 0 spiro atoms. The molecule has 0 aliphatic carbocycles. The van der Waals surface area contributed by atoms with E-state index in [-0.39, 0.29) is 5.69 Å². The van der Waals surface area contributed by atoms with Crippen LogP contribution in [0.1, 0.15) is 10.5 Å². The molecule has 0 bridgehead atoms. The molecular weight excluding hydrogens is 248 g/mol. The number of fused-ring (bicyclic) bond motifs is 1. The van der Waals surface area contributed by atoms with Crippen molar-refractivity contribution in [2.45, 2.75) is 0 Å². The topological polar surface area (TPSA) is 63.1 Å². The standard InChI is InChI=1S/C9H5BrN2O2/c10-5-1-2-7-6(3-5)8(9(13)14)12-4-11-7/h1-4H,(H,13,14). The van der Waals surface area contributed by atoms with E-state index in [1.807, 2.05) is 0 Å². The summed E-state index contributed by atoms with van der Waals surface area (Å²) >= 11 is 3.27. The van der Waals surface area contributed by atoms with Crippen LogP contribution in [0, 0.1) is 0 Å². The summed E-state index contributed by atoms with van der Waals surface area (Å²) in [4.78, 5) is 18.5. The number of carbonyl (C=O) groups is 1. The molecule has 0 aliphatic rings. The van der Waals surface area contributed by atoms with E-state index in [1.54, 1.807) is 18.2 Å². The Morgan fingerprint density at radius 3 is 2.86 bits per heavy atom. The van der Waals surface area contributed by atoms with Crippen molar-refractivity contribution in [2.75, 3.05) is 0 Å². The lowest BCUT2D eigenvalue weighted by atomic mass is 10.2. The number of halogens is 1. The zero-order valence-corrected chi connectivity index (χ0v) is 8.52. The molecule has 1 heterocycles. The number of nitrogens with zero attached hydrogens (tertiary/aromatic N) is 2. The lowest BCUT2D eigenvalue weighted by Crippen LogP contribution is -2.01. The Bertz CT molecular complexity index is 513. The van der Waals surface area contributed by atoms with Crippen LogP contribution in [-0.2, 0) is 0 Å². The molecular formula is C9H5BrN2O2. The normalized spacial score (nSPS) is 10.4. The maximum absolute atomic E-state index is 10.8. The molecule has 2 aromatic rings. The molecule has 0 saturated carbocycles. The van der Waals surface area contributed by atoms with Gasteiger partial charge in [-0.05, 0) is 18.2 Å². The minimum Gasteiger partial charge on any atom is -0.476 e.